The van der Waals surface area contributed by atoms with Crippen LogP contribution in [-0.2, 0) is 0 Å². The highest BCUT2D eigenvalue weighted by atomic mass is 14.5. The summed E-state index contributed by atoms with van der Waals surface area (Å²) >= 11 is 0. The molecule has 1 aliphatic carbocycles. The number of hydrogen-bond donors (Lipinski definition) is 0. The molecule has 0 radical (unpaired) electrons. The van der Waals surface area contributed by atoms with Gasteiger partial charge in [0.2, 0.25) is 0 Å². The molecule has 0 bridgehead atoms. The van der Waals surface area contributed by atoms with Gasteiger partial charge in [-0.15, -0.1) is 0 Å². The average Bonchev–Trinajstić information content (AvgIpc) is 2.14. The maximum Gasteiger partial charge on any atom is -0.0200 e. The second-order valence-corrected chi connectivity index (χ2v) is 6.27. The van der Waals surface area contributed by atoms with Crippen molar-refractivity contribution in [3.63, 3.8) is 0 Å². The van der Waals surface area contributed by atoms with E-state index in [0.29, 0.717) is 11.3 Å². The monoisotopic (exact) mass is 208 g/mol. The fourth-order valence-electron chi connectivity index (χ4n) is 2.73. The van der Waals surface area contributed by atoms with Crippen LogP contribution in [0.5, 0.6) is 0 Å². The van der Waals surface area contributed by atoms with E-state index in [1.54, 1.807) is 5.57 Å². The van der Waals surface area contributed by atoms with E-state index in [-0.39, 0.29) is 0 Å². The molecule has 0 spiro atoms. The summed E-state index contributed by atoms with van der Waals surface area (Å²) in [7, 11) is 0. The molecular formula is C15H28. The predicted molar refractivity (Wildman–Crippen MR) is 68.9 cm³/mol. The molecule has 0 aromatic carbocycles. The summed E-state index contributed by atoms with van der Waals surface area (Å²) in [6, 6.07) is 0. The Bertz CT molecular complexity index is 232. The van der Waals surface area contributed by atoms with Crippen molar-refractivity contribution in [2.75, 3.05) is 0 Å². The quantitative estimate of drug-likeness (QED) is 0.567. The molecule has 1 fully saturated rings. The standard InChI is InChI=1S/C15H28/c1-7-13(10-12(4)11(2)3)14-8-9-15(14,5)6/h10-11,13-14H,7-9H2,1-6H3. The van der Waals surface area contributed by atoms with Crippen LogP contribution in [0.3, 0.4) is 0 Å². The third kappa shape index (κ3) is 2.86. The first-order valence-electron chi connectivity index (χ1n) is 6.56. The largest absolute Gasteiger partial charge is 0.0819 e. The van der Waals surface area contributed by atoms with Gasteiger partial charge in [-0.05, 0) is 49.4 Å². The Balaban J connectivity index is 2.69. The van der Waals surface area contributed by atoms with Crippen LogP contribution < -0.4 is 0 Å². The van der Waals surface area contributed by atoms with E-state index in [4.69, 9.17) is 0 Å². The molecule has 2 unspecified atom stereocenters. The van der Waals surface area contributed by atoms with Crippen LogP contribution in [0.4, 0.5) is 0 Å². The Labute approximate surface area is 96.2 Å². The zero-order chi connectivity index (χ0) is 11.6. The van der Waals surface area contributed by atoms with Crippen molar-refractivity contribution in [2.45, 2.75) is 60.8 Å². The molecule has 0 aromatic rings. The molecule has 15 heavy (non-hydrogen) atoms. The fourth-order valence-corrected chi connectivity index (χ4v) is 2.73. The molecule has 88 valence electrons. The van der Waals surface area contributed by atoms with E-state index in [1.807, 2.05) is 0 Å². The van der Waals surface area contributed by atoms with E-state index in [9.17, 15) is 0 Å². The number of rotatable bonds is 4. The maximum atomic E-state index is 2.55. The third-order valence-corrected chi connectivity index (χ3v) is 4.48. The van der Waals surface area contributed by atoms with Crippen LogP contribution in [-0.4, -0.2) is 0 Å². The highest BCUT2D eigenvalue weighted by Gasteiger charge is 2.41. The fraction of sp³-hybridized carbons (Fsp3) is 0.867. The van der Waals surface area contributed by atoms with Crippen LogP contribution in [0.2, 0.25) is 0 Å². The summed E-state index contributed by atoms with van der Waals surface area (Å²) in [5.41, 5.74) is 2.17. The van der Waals surface area contributed by atoms with Crippen LogP contribution in [0.25, 0.3) is 0 Å². The minimum Gasteiger partial charge on any atom is -0.0819 e. The van der Waals surface area contributed by atoms with Crippen LogP contribution in [0.15, 0.2) is 11.6 Å². The summed E-state index contributed by atoms with van der Waals surface area (Å²) in [5, 5.41) is 0. The molecule has 0 aliphatic heterocycles. The lowest BCUT2D eigenvalue weighted by molar-refractivity contribution is 0.0349. The Morgan fingerprint density at radius 2 is 2.00 bits per heavy atom. The van der Waals surface area contributed by atoms with E-state index >= 15 is 0 Å². The van der Waals surface area contributed by atoms with Gasteiger partial charge in [0.15, 0.2) is 0 Å². The lowest BCUT2D eigenvalue weighted by atomic mass is 9.57. The molecule has 0 aromatic heterocycles. The minimum atomic E-state index is 0.592. The first-order valence-corrected chi connectivity index (χ1v) is 6.56. The molecule has 0 saturated heterocycles. The third-order valence-electron chi connectivity index (χ3n) is 4.48. The van der Waals surface area contributed by atoms with Gasteiger partial charge in [0.05, 0.1) is 0 Å². The molecule has 1 rings (SSSR count). The Kier molecular flexibility index (Phi) is 4.03. The first kappa shape index (κ1) is 12.8. The lowest BCUT2D eigenvalue weighted by Crippen LogP contribution is -2.39. The normalized spacial score (nSPS) is 27.7. The van der Waals surface area contributed by atoms with Crippen molar-refractivity contribution in [1.82, 2.24) is 0 Å². The molecule has 0 N–H and O–H groups in total. The Morgan fingerprint density at radius 3 is 2.27 bits per heavy atom. The molecule has 0 nitrogen and oxygen atoms in total. The van der Waals surface area contributed by atoms with Crippen molar-refractivity contribution < 1.29 is 0 Å². The molecular weight excluding hydrogens is 180 g/mol. The second kappa shape index (κ2) is 4.72. The number of allylic oxidation sites excluding steroid dienone is 2. The smallest absolute Gasteiger partial charge is 0.0200 e. The second-order valence-electron chi connectivity index (χ2n) is 6.27. The lowest BCUT2D eigenvalue weighted by Gasteiger charge is -2.48. The molecule has 2 atom stereocenters. The molecule has 0 heterocycles. The molecule has 0 amide bonds. The van der Waals surface area contributed by atoms with Gasteiger partial charge in [0.25, 0.3) is 0 Å². The van der Waals surface area contributed by atoms with E-state index < -0.39 is 0 Å². The zero-order valence-corrected chi connectivity index (χ0v) is 11.4. The molecule has 1 saturated carbocycles. The first-order chi connectivity index (χ1) is 6.88. The van der Waals surface area contributed by atoms with Gasteiger partial charge in [-0.25, -0.2) is 0 Å². The Morgan fingerprint density at radius 1 is 1.40 bits per heavy atom. The number of hydrogen-bond acceptors (Lipinski definition) is 0. The summed E-state index contributed by atoms with van der Waals surface area (Å²) in [6.45, 7) is 14.1. The van der Waals surface area contributed by atoms with Gasteiger partial charge < -0.3 is 0 Å². The predicted octanol–water partition coefficient (Wildman–Crippen LogP) is 5.05. The van der Waals surface area contributed by atoms with Crippen LogP contribution in [0, 0.1) is 23.2 Å². The SMILES string of the molecule is CCC(C=C(C)C(C)C)C1CCC1(C)C. The summed E-state index contributed by atoms with van der Waals surface area (Å²) in [6.07, 6.45) is 6.71. The van der Waals surface area contributed by atoms with Crippen molar-refractivity contribution in [1.29, 1.82) is 0 Å². The topological polar surface area (TPSA) is 0 Å². The van der Waals surface area contributed by atoms with Crippen LogP contribution >= 0.6 is 0 Å². The van der Waals surface area contributed by atoms with Gasteiger partial charge in [0, 0.05) is 0 Å². The molecule has 0 heteroatoms. The van der Waals surface area contributed by atoms with E-state index in [2.05, 4.69) is 47.6 Å². The van der Waals surface area contributed by atoms with Crippen molar-refractivity contribution in [3.05, 3.63) is 11.6 Å². The van der Waals surface area contributed by atoms with Gasteiger partial charge in [-0.2, -0.15) is 0 Å². The van der Waals surface area contributed by atoms with Gasteiger partial charge in [0.1, 0.15) is 0 Å². The van der Waals surface area contributed by atoms with E-state index in [1.165, 1.54) is 19.3 Å². The highest BCUT2D eigenvalue weighted by Crippen LogP contribution is 2.51. The van der Waals surface area contributed by atoms with Crippen molar-refractivity contribution in [2.24, 2.45) is 23.2 Å². The summed E-state index contributed by atoms with van der Waals surface area (Å²) < 4.78 is 0. The summed E-state index contributed by atoms with van der Waals surface area (Å²) in [5.74, 6) is 2.45. The van der Waals surface area contributed by atoms with Gasteiger partial charge in [-0.3, -0.25) is 0 Å². The zero-order valence-electron chi connectivity index (χ0n) is 11.4. The Hall–Kier alpha value is -0.260. The van der Waals surface area contributed by atoms with E-state index in [0.717, 1.165) is 11.8 Å². The summed E-state index contributed by atoms with van der Waals surface area (Å²) in [4.78, 5) is 0. The van der Waals surface area contributed by atoms with Crippen molar-refractivity contribution in [3.8, 4) is 0 Å². The highest BCUT2D eigenvalue weighted by molar-refractivity contribution is 5.08. The minimum absolute atomic E-state index is 0.592. The van der Waals surface area contributed by atoms with Crippen molar-refractivity contribution >= 4 is 0 Å². The van der Waals surface area contributed by atoms with Gasteiger partial charge in [-0.1, -0.05) is 46.3 Å². The van der Waals surface area contributed by atoms with Gasteiger partial charge >= 0.3 is 0 Å². The maximum absolute atomic E-state index is 2.55. The average molecular weight is 208 g/mol. The van der Waals surface area contributed by atoms with Crippen LogP contribution in [0.1, 0.15) is 60.8 Å². The molecule has 1 aliphatic rings.